The van der Waals surface area contributed by atoms with Crippen LogP contribution in [-0.4, -0.2) is 6.54 Å². The maximum Gasteiger partial charge on any atom is 0.132 e. The van der Waals surface area contributed by atoms with E-state index in [1.165, 1.54) is 11.1 Å². The molecule has 0 aliphatic rings. The predicted octanol–water partition coefficient (Wildman–Crippen LogP) is 5.25. The lowest BCUT2D eigenvalue weighted by Gasteiger charge is -2.13. The quantitative estimate of drug-likeness (QED) is 0.736. The number of halogens is 1. The van der Waals surface area contributed by atoms with Crippen molar-refractivity contribution >= 4 is 11.6 Å². The van der Waals surface area contributed by atoms with Gasteiger partial charge in [0, 0.05) is 17.1 Å². The van der Waals surface area contributed by atoms with E-state index in [1.807, 2.05) is 30.3 Å². The van der Waals surface area contributed by atoms with E-state index in [4.69, 9.17) is 16.3 Å². The highest BCUT2D eigenvalue weighted by atomic mass is 35.5. The summed E-state index contributed by atoms with van der Waals surface area (Å²) in [6.07, 6.45) is 1.10. The lowest BCUT2D eigenvalue weighted by Crippen LogP contribution is -2.14. The van der Waals surface area contributed by atoms with Gasteiger partial charge < -0.3 is 10.1 Å². The highest BCUT2D eigenvalue weighted by Crippen LogP contribution is 2.29. The normalized spacial score (nSPS) is 10.7. The van der Waals surface area contributed by atoms with Gasteiger partial charge in [0.1, 0.15) is 11.5 Å². The molecule has 0 amide bonds. The van der Waals surface area contributed by atoms with Crippen molar-refractivity contribution in [2.75, 3.05) is 6.54 Å². The van der Waals surface area contributed by atoms with Crippen molar-refractivity contribution in [1.82, 2.24) is 5.32 Å². The largest absolute Gasteiger partial charge is 0.457 e. The fraction of sp³-hybridized carbons (Fsp3) is 0.333. The van der Waals surface area contributed by atoms with Crippen LogP contribution >= 0.6 is 11.6 Å². The molecule has 0 spiro atoms. The SMILES string of the molecule is CCCNCc1cc(Cl)ccc1Oc1cc(C)cc(C)c1. The summed E-state index contributed by atoms with van der Waals surface area (Å²) in [5.74, 6) is 1.72. The van der Waals surface area contributed by atoms with Gasteiger partial charge in [0.15, 0.2) is 0 Å². The van der Waals surface area contributed by atoms with Crippen molar-refractivity contribution in [2.24, 2.45) is 0 Å². The Morgan fingerprint density at radius 2 is 1.76 bits per heavy atom. The van der Waals surface area contributed by atoms with E-state index < -0.39 is 0 Å². The van der Waals surface area contributed by atoms with Crippen LogP contribution in [-0.2, 0) is 6.54 Å². The van der Waals surface area contributed by atoms with Crippen LogP contribution in [0.3, 0.4) is 0 Å². The summed E-state index contributed by atoms with van der Waals surface area (Å²) < 4.78 is 6.06. The molecular weight excluding hydrogens is 282 g/mol. The van der Waals surface area contributed by atoms with Gasteiger partial charge in [-0.05, 0) is 68.3 Å². The van der Waals surface area contributed by atoms with Crippen LogP contribution in [0.25, 0.3) is 0 Å². The summed E-state index contributed by atoms with van der Waals surface area (Å²) in [6.45, 7) is 8.04. The molecule has 0 radical (unpaired) electrons. The molecule has 2 aromatic carbocycles. The third kappa shape index (κ3) is 4.76. The molecule has 0 fully saturated rings. The smallest absolute Gasteiger partial charge is 0.132 e. The Bertz CT molecular complexity index is 590. The minimum absolute atomic E-state index is 0.732. The molecule has 2 nitrogen and oxygen atoms in total. The van der Waals surface area contributed by atoms with Crippen LogP contribution in [0.2, 0.25) is 5.02 Å². The van der Waals surface area contributed by atoms with Crippen molar-refractivity contribution in [3.05, 3.63) is 58.1 Å². The van der Waals surface area contributed by atoms with Gasteiger partial charge in [-0.15, -0.1) is 0 Å². The molecule has 0 atom stereocenters. The van der Waals surface area contributed by atoms with E-state index in [2.05, 4.69) is 32.2 Å². The lowest BCUT2D eigenvalue weighted by molar-refractivity contribution is 0.472. The molecule has 3 heteroatoms. The Morgan fingerprint density at radius 1 is 1.05 bits per heavy atom. The van der Waals surface area contributed by atoms with Crippen LogP contribution in [0.1, 0.15) is 30.0 Å². The maximum absolute atomic E-state index is 6.10. The van der Waals surface area contributed by atoms with E-state index >= 15 is 0 Å². The molecule has 0 aliphatic carbocycles. The number of benzene rings is 2. The Kier molecular flexibility index (Phi) is 5.66. The second kappa shape index (κ2) is 7.48. The topological polar surface area (TPSA) is 21.3 Å². The van der Waals surface area contributed by atoms with Gasteiger partial charge in [0.2, 0.25) is 0 Å². The van der Waals surface area contributed by atoms with Crippen LogP contribution in [0, 0.1) is 13.8 Å². The number of hydrogen-bond acceptors (Lipinski definition) is 2. The monoisotopic (exact) mass is 303 g/mol. The van der Waals surface area contributed by atoms with Crippen molar-refractivity contribution in [3.8, 4) is 11.5 Å². The summed E-state index contributed by atoms with van der Waals surface area (Å²) in [5.41, 5.74) is 3.48. The maximum atomic E-state index is 6.10. The van der Waals surface area contributed by atoms with Gasteiger partial charge in [-0.1, -0.05) is 24.6 Å². The zero-order chi connectivity index (χ0) is 15.2. The molecule has 1 N–H and O–H groups in total. The van der Waals surface area contributed by atoms with Crippen molar-refractivity contribution in [2.45, 2.75) is 33.7 Å². The Balaban J connectivity index is 2.21. The highest BCUT2D eigenvalue weighted by molar-refractivity contribution is 6.30. The average Bonchev–Trinajstić information content (AvgIpc) is 2.41. The third-order valence-corrected chi connectivity index (χ3v) is 3.42. The second-order valence-electron chi connectivity index (χ2n) is 5.35. The summed E-state index contributed by atoms with van der Waals surface area (Å²) in [7, 11) is 0. The van der Waals surface area contributed by atoms with Gasteiger partial charge in [-0.3, -0.25) is 0 Å². The summed E-state index contributed by atoms with van der Waals surface area (Å²) in [5, 5.41) is 4.12. The number of nitrogens with one attached hydrogen (secondary N) is 1. The minimum atomic E-state index is 0.732. The fourth-order valence-corrected chi connectivity index (χ4v) is 2.50. The van der Waals surface area contributed by atoms with Crippen LogP contribution in [0.15, 0.2) is 36.4 Å². The van der Waals surface area contributed by atoms with Crippen molar-refractivity contribution < 1.29 is 4.74 Å². The molecule has 0 saturated carbocycles. The number of aryl methyl sites for hydroxylation is 2. The van der Waals surface area contributed by atoms with Gasteiger partial charge in [-0.25, -0.2) is 0 Å². The van der Waals surface area contributed by atoms with E-state index in [1.54, 1.807) is 0 Å². The first-order valence-corrected chi connectivity index (χ1v) is 7.71. The van der Waals surface area contributed by atoms with Gasteiger partial charge in [-0.2, -0.15) is 0 Å². The summed E-state index contributed by atoms with van der Waals surface area (Å²) in [6, 6.07) is 12.0. The Hall–Kier alpha value is -1.51. The predicted molar refractivity (Wildman–Crippen MR) is 89.4 cm³/mol. The molecule has 0 aliphatic heterocycles. The fourth-order valence-electron chi connectivity index (χ4n) is 2.30. The summed E-state index contributed by atoms with van der Waals surface area (Å²) in [4.78, 5) is 0. The first kappa shape index (κ1) is 15.9. The zero-order valence-electron chi connectivity index (χ0n) is 12.9. The number of ether oxygens (including phenoxy) is 1. The number of hydrogen-bond donors (Lipinski definition) is 1. The molecular formula is C18H22ClNO. The van der Waals surface area contributed by atoms with Crippen molar-refractivity contribution in [1.29, 1.82) is 0 Å². The highest BCUT2D eigenvalue weighted by Gasteiger charge is 2.07. The van der Waals surface area contributed by atoms with Gasteiger partial charge >= 0.3 is 0 Å². The molecule has 2 rings (SSSR count). The zero-order valence-corrected chi connectivity index (χ0v) is 13.6. The molecule has 0 unspecified atom stereocenters. The molecule has 0 heterocycles. The third-order valence-electron chi connectivity index (χ3n) is 3.19. The van der Waals surface area contributed by atoms with Crippen molar-refractivity contribution in [3.63, 3.8) is 0 Å². The summed E-state index contributed by atoms with van der Waals surface area (Å²) >= 11 is 6.10. The van der Waals surface area contributed by atoms with Gasteiger partial charge in [0.05, 0.1) is 0 Å². The molecule has 0 saturated heterocycles. The average molecular weight is 304 g/mol. The molecule has 21 heavy (non-hydrogen) atoms. The molecule has 0 aromatic heterocycles. The first-order chi connectivity index (χ1) is 10.1. The van der Waals surface area contributed by atoms with E-state index in [-0.39, 0.29) is 0 Å². The Morgan fingerprint density at radius 3 is 2.43 bits per heavy atom. The Labute approximate surface area is 132 Å². The van der Waals surface area contributed by atoms with E-state index in [0.29, 0.717) is 0 Å². The molecule has 2 aromatic rings. The first-order valence-electron chi connectivity index (χ1n) is 7.34. The van der Waals surface area contributed by atoms with Crippen LogP contribution in [0.5, 0.6) is 11.5 Å². The van der Waals surface area contributed by atoms with E-state index in [9.17, 15) is 0 Å². The number of rotatable bonds is 6. The van der Waals surface area contributed by atoms with E-state index in [0.717, 1.165) is 41.6 Å². The standard InChI is InChI=1S/C18H22ClNO/c1-4-7-20-12-15-11-16(19)5-6-18(15)21-17-9-13(2)8-14(3)10-17/h5-6,8-11,20H,4,7,12H2,1-3H3. The van der Waals surface area contributed by atoms with Crippen LogP contribution in [0.4, 0.5) is 0 Å². The minimum Gasteiger partial charge on any atom is -0.457 e. The lowest BCUT2D eigenvalue weighted by atomic mass is 10.1. The second-order valence-corrected chi connectivity index (χ2v) is 5.79. The van der Waals surface area contributed by atoms with Crippen LogP contribution < -0.4 is 10.1 Å². The molecule has 0 bridgehead atoms. The molecule has 112 valence electrons. The van der Waals surface area contributed by atoms with Gasteiger partial charge in [0.25, 0.3) is 0 Å².